The summed E-state index contributed by atoms with van der Waals surface area (Å²) in [4.78, 5) is 11.8. The van der Waals surface area contributed by atoms with Crippen LogP contribution in [0.5, 0.6) is 0 Å². The van der Waals surface area contributed by atoms with Crippen LogP contribution in [-0.2, 0) is 0 Å². The van der Waals surface area contributed by atoms with E-state index < -0.39 is 0 Å². The number of hydrazone groups is 1. The first-order valence-corrected chi connectivity index (χ1v) is 6.95. The summed E-state index contributed by atoms with van der Waals surface area (Å²) in [6, 6.07) is 14.5. The number of hydrogen-bond donors (Lipinski definition) is 1. The topological polar surface area (TPSA) is 41.5 Å². The maximum atomic E-state index is 11.8. The molecule has 0 heterocycles. The molecule has 1 amide bonds. The van der Waals surface area contributed by atoms with E-state index in [4.69, 9.17) is 11.6 Å². The van der Waals surface area contributed by atoms with Gasteiger partial charge in [-0.05, 0) is 58.5 Å². The Morgan fingerprint density at radius 3 is 2.74 bits per heavy atom. The summed E-state index contributed by atoms with van der Waals surface area (Å²) in [7, 11) is 0. The van der Waals surface area contributed by atoms with Gasteiger partial charge in [-0.25, -0.2) is 5.43 Å². The fraction of sp³-hybridized carbons (Fsp3) is 0. The zero-order valence-electron chi connectivity index (χ0n) is 9.81. The minimum Gasteiger partial charge on any atom is -0.267 e. The Hall–Kier alpha value is -1.40. The van der Waals surface area contributed by atoms with Crippen molar-refractivity contribution in [2.45, 2.75) is 0 Å². The second kappa shape index (κ2) is 6.68. The van der Waals surface area contributed by atoms with E-state index in [1.807, 2.05) is 24.3 Å². The van der Waals surface area contributed by atoms with Gasteiger partial charge in [0.15, 0.2) is 0 Å². The predicted molar refractivity (Wildman–Crippen MR) is 85.7 cm³/mol. The van der Waals surface area contributed by atoms with Gasteiger partial charge in [0, 0.05) is 14.2 Å². The number of benzene rings is 2. The third-order valence-electron chi connectivity index (χ3n) is 2.32. The monoisotopic (exact) mass is 384 g/mol. The first-order chi connectivity index (χ1) is 9.15. The molecule has 0 aliphatic carbocycles. The molecule has 0 unspecified atom stereocenters. The van der Waals surface area contributed by atoms with Gasteiger partial charge in [-0.1, -0.05) is 29.8 Å². The van der Waals surface area contributed by atoms with Crippen molar-refractivity contribution in [1.82, 2.24) is 5.43 Å². The van der Waals surface area contributed by atoms with Crippen LogP contribution in [0.1, 0.15) is 15.9 Å². The fourth-order valence-corrected chi connectivity index (χ4v) is 2.19. The van der Waals surface area contributed by atoms with Crippen molar-refractivity contribution < 1.29 is 4.79 Å². The number of carbonyl (C=O) groups is 1. The van der Waals surface area contributed by atoms with Crippen molar-refractivity contribution in [1.29, 1.82) is 0 Å². The summed E-state index contributed by atoms with van der Waals surface area (Å²) in [6.45, 7) is 0. The zero-order chi connectivity index (χ0) is 13.7. The third kappa shape index (κ3) is 4.33. The van der Waals surface area contributed by atoms with Crippen molar-refractivity contribution in [3.05, 3.63) is 68.3 Å². The molecule has 1 N–H and O–H groups in total. The van der Waals surface area contributed by atoms with E-state index in [2.05, 4.69) is 33.1 Å². The molecule has 0 radical (unpaired) electrons. The number of carbonyl (C=O) groups excluding carboxylic acids is 1. The summed E-state index contributed by atoms with van der Waals surface area (Å²) in [5, 5.41) is 4.54. The molecule has 0 bridgehead atoms. The van der Waals surface area contributed by atoms with Crippen LogP contribution >= 0.6 is 34.2 Å². The molecule has 2 aromatic carbocycles. The second-order valence-corrected chi connectivity index (χ2v) is 5.45. The van der Waals surface area contributed by atoms with Gasteiger partial charge in [0.25, 0.3) is 5.91 Å². The lowest BCUT2D eigenvalue weighted by molar-refractivity contribution is 0.0955. The van der Waals surface area contributed by atoms with E-state index >= 15 is 0 Å². The van der Waals surface area contributed by atoms with E-state index in [1.165, 1.54) is 0 Å². The van der Waals surface area contributed by atoms with Crippen molar-refractivity contribution in [3.63, 3.8) is 0 Å². The average Bonchev–Trinajstić information content (AvgIpc) is 2.38. The van der Waals surface area contributed by atoms with Gasteiger partial charge in [-0.3, -0.25) is 4.79 Å². The van der Waals surface area contributed by atoms with Gasteiger partial charge >= 0.3 is 0 Å². The van der Waals surface area contributed by atoms with Crippen LogP contribution in [-0.4, -0.2) is 12.1 Å². The van der Waals surface area contributed by atoms with Crippen LogP contribution in [0.3, 0.4) is 0 Å². The quantitative estimate of drug-likeness (QED) is 0.489. The van der Waals surface area contributed by atoms with Crippen molar-refractivity contribution in [3.8, 4) is 0 Å². The predicted octanol–water partition coefficient (Wildman–Crippen LogP) is 3.71. The molecule has 0 aliphatic heterocycles. The molecule has 2 rings (SSSR count). The lowest BCUT2D eigenvalue weighted by Gasteiger charge is -2.00. The fourth-order valence-electron chi connectivity index (χ4n) is 1.45. The molecule has 0 aromatic heterocycles. The van der Waals surface area contributed by atoms with Crippen LogP contribution in [0.2, 0.25) is 5.02 Å². The van der Waals surface area contributed by atoms with Crippen LogP contribution < -0.4 is 5.43 Å². The minimum atomic E-state index is -0.239. The molecule has 96 valence electrons. The number of amides is 1. The lowest BCUT2D eigenvalue weighted by Crippen LogP contribution is -2.17. The van der Waals surface area contributed by atoms with Gasteiger partial charge in [0.1, 0.15) is 0 Å². The third-order valence-corrected chi connectivity index (χ3v) is 3.22. The van der Waals surface area contributed by atoms with Gasteiger partial charge in [-0.15, -0.1) is 0 Å². The maximum absolute atomic E-state index is 11.8. The normalized spacial score (nSPS) is 10.6. The highest BCUT2D eigenvalue weighted by molar-refractivity contribution is 14.1. The molecule has 0 saturated heterocycles. The largest absolute Gasteiger partial charge is 0.271 e. The molecule has 19 heavy (non-hydrogen) atoms. The number of halogens is 2. The Labute approximate surface area is 129 Å². The minimum absolute atomic E-state index is 0.239. The number of rotatable bonds is 3. The van der Waals surface area contributed by atoms with E-state index in [0.717, 1.165) is 9.13 Å². The number of hydrogen-bond acceptors (Lipinski definition) is 2. The summed E-state index contributed by atoms with van der Waals surface area (Å²) < 4.78 is 1.00. The van der Waals surface area contributed by atoms with E-state index in [-0.39, 0.29) is 5.91 Å². The van der Waals surface area contributed by atoms with E-state index in [9.17, 15) is 4.79 Å². The molecule has 0 atom stereocenters. The SMILES string of the molecule is O=C(N/N=C\c1cccc(Cl)c1)c1cccc(I)c1. The van der Waals surface area contributed by atoms with Crippen molar-refractivity contribution in [2.75, 3.05) is 0 Å². The summed E-state index contributed by atoms with van der Waals surface area (Å²) >= 11 is 8.01. The molecule has 0 fully saturated rings. The van der Waals surface area contributed by atoms with Gasteiger partial charge in [0.05, 0.1) is 6.21 Å². The van der Waals surface area contributed by atoms with Crippen LogP contribution in [0, 0.1) is 3.57 Å². The zero-order valence-corrected chi connectivity index (χ0v) is 12.7. The molecule has 2 aromatic rings. The summed E-state index contributed by atoms with van der Waals surface area (Å²) in [5.74, 6) is -0.239. The highest BCUT2D eigenvalue weighted by atomic mass is 127. The number of nitrogens with one attached hydrogen (secondary N) is 1. The molecule has 0 saturated carbocycles. The van der Waals surface area contributed by atoms with E-state index in [1.54, 1.807) is 30.5 Å². The Kier molecular flexibility index (Phi) is 4.93. The molecule has 3 nitrogen and oxygen atoms in total. The molecular formula is C14H10ClIN2O. The maximum Gasteiger partial charge on any atom is 0.271 e. The number of nitrogens with zero attached hydrogens (tertiary/aromatic N) is 1. The summed E-state index contributed by atoms with van der Waals surface area (Å²) in [5.41, 5.74) is 3.89. The smallest absolute Gasteiger partial charge is 0.267 e. The summed E-state index contributed by atoms with van der Waals surface area (Å²) in [6.07, 6.45) is 1.55. The second-order valence-electron chi connectivity index (χ2n) is 3.76. The van der Waals surface area contributed by atoms with Gasteiger partial charge in [-0.2, -0.15) is 5.10 Å². The highest BCUT2D eigenvalue weighted by Crippen LogP contribution is 2.09. The standard InChI is InChI=1S/C14H10ClIN2O/c15-12-5-1-3-10(7-12)9-17-18-14(19)11-4-2-6-13(16)8-11/h1-9H,(H,18,19)/b17-9-. The van der Waals surface area contributed by atoms with Crippen LogP contribution in [0.15, 0.2) is 53.6 Å². The highest BCUT2D eigenvalue weighted by Gasteiger charge is 2.03. The van der Waals surface area contributed by atoms with Crippen molar-refractivity contribution >= 4 is 46.3 Å². The Morgan fingerprint density at radius 2 is 2.00 bits per heavy atom. The van der Waals surface area contributed by atoms with Crippen LogP contribution in [0.4, 0.5) is 0 Å². The Balaban J connectivity index is 2.01. The van der Waals surface area contributed by atoms with E-state index in [0.29, 0.717) is 10.6 Å². The first kappa shape index (κ1) is 14.0. The van der Waals surface area contributed by atoms with Gasteiger partial charge < -0.3 is 0 Å². The average molecular weight is 385 g/mol. The Bertz CT molecular complexity index is 628. The molecule has 5 heteroatoms. The molecular weight excluding hydrogens is 375 g/mol. The Morgan fingerprint density at radius 1 is 1.21 bits per heavy atom. The lowest BCUT2D eigenvalue weighted by atomic mass is 10.2. The molecule has 0 aliphatic rings. The van der Waals surface area contributed by atoms with Gasteiger partial charge in [0.2, 0.25) is 0 Å². The van der Waals surface area contributed by atoms with Crippen molar-refractivity contribution in [2.24, 2.45) is 5.10 Å². The van der Waals surface area contributed by atoms with Crippen LogP contribution in [0.25, 0.3) is 0 Å². The first-order valence-electron chi connectivity index (χ1n) is 5.50. The molecule has 0 spiro atoms.